The van der Waals surface area contributed by atoms with Crippen molar-refractivity contribution in [2.45, 2.75) is 38.5 Å². The van der Waals surface area contributed by atoms with Crippen molar-refractivity contribution in [2.75, 3.05) is 0 Å². The molecule has 0 aromatic carbocycles. The van der Waals surface area contributed by atoms with Gasteiger partial charge in [-0.25, -0.2) is 0 Å². The van der Waals surface area contributed by atoms with Crippen LogP contribution in [0.2, 0.25) is 19.6 Å². The lowest BCUT2D eigenvalue weighted by Crippen LogP contribution is -2.50. The zero-order valence-corrected chi connectivity index (χ0v) is 8.79. The summed E-state index contributed by atoms with van der Waals surface area (Å²) in [5.74, 6) is 0.167. The van der Waals surface area contributed by atoms with Crippen molar-refractivity contribution >= 4 is 14.1 Å². The first kappa shape index (κ1) is 9.27. The van der Waals surface area contributed by atoms with E-state index in [4.69, 9.17) is 5.26 Å². The number of carbonyl (C=O) groups excluding carboxylic acids is 1. The fraction of sp³-hybridized carbons (Fsp3) is 0.750. The Morgan fingerprint density at radius 3 is 2.50 bits per heavy atom. The molecular formula is C8H14N2OSi. The van der Waals surface area contributed by atoms with Gasteiger partial charge in [-0.3, -0.25) is 4.79 Å². The third-order valence-corrected chi connectivity index (χ3v) is 4.09. The van der Waals surface area contributed by atoms with Crippen LogP contribution in [-0.4, -0.2) is 24.7 Å². The largest absolute Gasteiger partial charge is 0.355 e. The Kier molecular flexibility index (Phi) is 2.24. The standard InChI is InChI=1S/C8H14N2OSi/c1-12(2,3)10-7(6-9)4-5-8(10)11/h7H,4-5H2,1-3H3. The fourth-order valence-electron chi connectivity index (χ4n) is 1.65. The second-order valence-electron chi connectivity index (χ2n) is 4.12. The Balaban J connectivity index is 2.86. The summed E-state index contributed by atoms with van der Waals surface area (Å²) in [6, 6.07) is 2.04. The van der Waals surface area contributed by atoms with Gasteiger partial charge in [-0.05, 0) is 6.42 Å². The molecule has 1 atom stereocenters. The van der Waals surface area contributed by atoms with Crippen molar-refractivity contribution in [1.29, 1.82) is 5.26 Å². The van der Waals surface area contributed by atoms with Crippen LogP contribution in [0, 0.1) is 11.3 Å². The summed E-state index contributed by atoms with van der Waals surface area (Å²) in [5, 5.41) is 8.80. The minimum absolute atomic E-state index is 0.149. The van der Waals surface area contributed by atoms with Crippen LogP contribution in [0.5, 0.6) is 0 Å². The van der Waals surface area contributed by atoms with Crippen molar-refractivity contribution < 1.29 is 4.79 Å². The molecule has 1 aliphatic rings. The lowest BCUT2D eigenvalue weighted by atomic mass is 10.2. The van der Waals surface area contributed by atoms with E-state index in [9.17, 15) is 4.79 Å². The van der Waals surface area contributed by atoms with E-state index >= 15 is 0 Å². The van der Waals surface area contributed by atoms with E-state index in [1.807, 2.05) is 4.57 Å². The molecule has 0 N–H and O–H groups in total. The zero-order valence-electron chi connectivity index (χ0n) is 7.79. The topological polar surface area (TPSA) is 44.1 Å². The number of hydrogen-bond donors (Lipinski definition) is 0. The normalized spacial score (nSPS) is 24.3. The van der Waals surface area contributed by atoms with E-state index in [0.29, 0.717) is 6.42 Å². The molecule has 12 heavy (non-hydrogen) atoms. The molecule has 1 heterocycles. The first-order chi connectivity index (χ1) is 5.46. The number of nitrogens with zero attached hydrogens (tertiary/aromatic N) is 2. The summed E-state index contributed by atoms with van der Waals surface area (Å²) in [6.07, 6.45) is 1.28. The predicted molar refractivity (Wildman–Crippen MR) is 48.8 cm³/mol. The molecule has 3 nitrogen and oxygen atoms in total. The Labute approximate surface area is 74.1 Å². The van der Waals surface area contributed by atoms with Crippen LogP contribution in [0.15, 0.2) is 0 Å². The van der Waals surface area contributed by atoms with Crippen molar-refractivity contribution in [3.8, 4) is 6.07 Å². The highest BCUT2D eigenvalue weighted by molar-refractivity contribution is 6.75. The van der Waals surface area contributed by atoms with Crippen LogP contribution in [0.1, 0.15) is 12.8 Å². The van der Waals surface area contributed by atoms with Gasteiger partial charge in [-0.2, -0.15) is 5.26 Å². The van der Waals surface area contributed by atoms with Crippen molar-refractivity contribution in [3.05, 3.63) is 0 Å². The number of hydrogen-bond acceptors (Lipinski definition) is 2. The highest BCUT2D eigenvalue weighted by Crippen LogP contribution is 2.24. The molecule has 0 saturated carbocycles. The van der Waals surface area contributed by atoms with Crippen LogP contribution < -0.4 is 0 Å². The Morgan fingerprint density at radius 2 is 2.17 bits per heavy atom. The molecule has 0 aromatic heterocycles. The van der Waals surface area contributed by atoms with Crippen LogP contribution in [0.4, 0.5) is 0 Å². The summed E-state index contributed by atoms with van der Waals surface area (Å²) in [5.41, 5.74) is 0. The first-order valence-corrected chi connectivity index (χ1v) is 7.63. The first-order valence-electron chi connectivity index (χ1n) is 4.18. The molecule has 1 fully saturated rings. The van der Waals surface area contributed by atoms with Gasteiger partial charge < -0.3 is 4.57 Å². The van der Waals surface area contributed by atoms with Gasteiger partial charge in [-0.1, -0.05) is 19.6 Å². The highest BCUT2D eigenvalue weighted by atomic mass is 28.3. The molecule has 4 heteroatoms. The predicted octanol–water partition coefficient (Wildman–Crippen LogP) is 1.34. The highest BCUT2D eigenvalue weighted by Gasteiger charge is 2.39. The molecule has 0 bridgehead atoms. The maximum Gasteiger partial charge on any atom is 0.215 e. The van der Waals surface area contributed by atoms with E-state index in [2.05, 4.69) is 25.7 Å². The van der Waals surface area contributed by atoms with E-state index in [1.54, 1.807) is 0 Å². The third kappa shape index (κ3) is 1.51. The van der Waals surface area contributed by atoms with Gasteiger partial charge in [-0.15, -0.1) is 0 Å². The summed E-state index contributed by atoms with van der Waals surface area (Å²) in [6.45, 7) is 6.29. The Bertz CT molecular complexity index is 238. The van der Waals surface area contributed by atoms with Gasteiger partial charge in [0.1, 0.15) is 6.04 Å². The monoisotopic (exact) mass is 182 g/mol. The molecule has 1 rings (SSSR count). The smallest absolute Gasteiger partial charge is 0.215 e. The van der Waals surface area contributed by atoms with E-state index in [0.717, 1.165) is 6.42 Å². The third-order valence-electron chi connectivity index (χ3n) is 2.08. The number of nitriles is 1. The molecule has 0 aliphatic carbocycles. The minimum atomic E-state index is -1.61. The van der Waals surface area contributed by atoms with Gasteiger partial charge in [0.25, 0.3) is 0 Å². The molecular weight excluding hydrogens is 168 g/mol. The average molecular weight is 182 g/mol. The minimum Gasteiger partial charge on any atom is -0.355 e. The molecule has 1 amide bonds. The molecule has 1 aliphatic heterocycles. The lowest BCUT2D eigenvalue weighted by molar-refractivity contribution is -0.124. The second kappa shape index (κ2) is 2.90. The average Bonchev–Trinajstić information content (AvgIpc) is 2.29. The molecule has 1 saturated heterocycles. The maximum absolute atomic E-state index is 11.4. The van der Waals surface area contributed by atoms with E-state index < -0.39 is 8.24 Å². The van der Waals surface area contributed by atoms with Crippen molar-refractivity contribution in [3.63, 3.8) is 0 Å². The lowest BCUT2D eigenvalue weighted by Gasteiger charge is -2.32. The SMILES string of the molecule is C[Si](C)(C)N1C(=O)CCC1C#N. The van der Waals surface area contributed by atoms with E-state index in [1.165, 1.54) is 0 Å². The van der Waals surface area contributed by atoms with Gasteiger partial charge in [0, 0.05) is 6.42 Å². The van der Waals surface area contributed by atoms with Gasteiger partial charge in [0.2, 0.25) is 5.91 Å². The molecule has 1 unspecified atom stereocenters. The summed E-state index contributed by atoms with van der Waals surface area (Å²) in [4.78, 5) is 11.4. The second-order valence-corrected chi connectivity index (χ2v) is 8.94. The van der Waals surface area contributed by atoms with Gasteiger partial charge in [0.15, 0.2) is 8.24 Å². The summed E-state index contributed by atoms with van der Waals surface area (Å²) >= 11 is 0. The van der Waals surface area contributed by atoms with Crippen LogP contribution >= 0.6 is 0 Å². The number of carbonyl (C=O) groups is 1. The van der Waals surface area contributed by atoms with Crippen molar-refractivity contribution in [2.24, 2.45) is 0 Å². The maximum atomic E-state index is 11.4. The van der Waals surface area contributed by atoms with Crippen LogP contribution in [-0.2, 0) is 4.79 Å². The Hall–Kier alpha value is -0.823. The molecule has 66 valence electrons. The number of amides is 1. The Morgan fingerprint density at radius 1 is 1.58 bits per heavy atom. The fourth-order valence-corrected chi connectivity index (χ4v) is 3.63. The van der Waals surface area contributed by atoms with Crippen LogP contribution in [0.3, 0.4) is 0 Å². The summed E-state index contributed by atoms with van der Waals surface area (Å²) in [7, 11) is -1.61. The zero-order chi connectivity index (χ0) is 9.35. The number of rotatable bonds is 1. The van der Waals surface area contributed by atoms with Crippen molar-refractivity contribution in [1.82, 2.24) is 4.57 Å². The quantitative estimate of drug-likeness (QED) is 0.574. The summed E-state index contributed by atoms with van der Waals surface area (Å²) < 4.78 is 1.83. The van der Waals surface area contributed by atoms with Gasteiger partial charge in [0.05, 0.1) is 6.07 Å². The molecule has 0 spiro atoms. The van der Waals surface area contributed by atoms with Crippen LogP contribution in [0.25, 0.3) is 0 Å². The van der Waals surface area contributed by atoms with E-state index in [-0.39, 0.29) is 11.9 Å². The molecule has 0 aromatic rings. The molecule has 0 radical (unpaired) electrons. The van der Waals surface area contributed by atoms with Gasteiger partial charge >= 0.3 is 0 Å².